The van der Waals surface area contributed by atoms with Gasteiger partial charge in [-0.1, -0.05) is 62.0 Å². The number of terminal acetylenes is 1. The van der Waals surface area contributed by atoms with E-state index in [9.17, 15) is 41.5 Å². The smallest absolute Gasteiger partial charge is 0.338 e. The summed E-state index contributed by atoms with van der Waals surface area (Å²) in [5, 5.41) is 8.10. The molecule has 16 heteroatoms. The Kier molecular flexibility index (Phi) is 23.3. The van der Waals surface area contributed by atoms with Crippen LogP contribution in [-0.2, 0) is 28.8 Å². The SMILES string of the molecule is C#CC(C)(C)C.C=C1NC2CSC(C(C)(C)C)C2N1.CC.CC(=O)C(N)C(C)(C)C.CC(C)(C)C(=O)ON1C(=O)CCC1=O.Cc1c(F)c(F)c(F)c(OC(=O)C(C)(C)C)c1F. The molecule has 354 valence electrons. The van der Waals surface area contributed by atoms with Crippen LogP contribution in [0.5, 0.6) is 5.75 Å². The average Bonchev–Trinajstić information content (AvgIpc) is 3.81. The van der Waals surface area contributed by atoms with Crippen molar-refractivity contribution in [2.45, 2.75) is 168 Å². The third kappa shape index (κ3) is 19.5. The first-order chi connectivity index (χ1) is 27.8. The minimum Gasteiger partial charge on any atom is -0.420 e. The fraction of sp³-hybridized carbons (Fsp3) is 0.674. The molecule has 4 N–H and O–H groups in total. The minimum absolute atomic E-state index is 0.0579. The molecule has 0 radical (unpaired) electrons. The van der Waals surface area contributed by atoms with Gasteiger partial charge in [-0.25, -0.2) is 18.0 Å². The first-order valence-electron chi connectivity index (χ1n) is 20.5. The summed E-state index contributed by atoms with van der Waals surface area (Å²) in [6.07, 6.45) is 5.30. The van der Waals surface area contributed by atoms with E-state index in [2.05, 4.69) is 60.4 Å². The standard InChI is InChI=1S/C12H12F4O2.C10H18N2S.C9H13NO4.C7H15NO.C6H10.C2H6/c1-5-6(13)8(15)9(16)10(7(5)14)18-11(17)12(2,3)4;1-6-11-7-5-13-9(8(7)12-6)10(2,3)4;1-9(2,3)8(13)14-10-6(11)4-5-7(10)12;1-5(9)6(8)7(2,3)4;1-5-6(2,3)4;1-2/h1-4H3;7-9,11-12H,1,5H2,2-4H3;4-5H2,1-3H3;6H,8H2,1-4H3;1H,2-4H3;1-2H3. The van der Waals surface area contributed by atoms with Gasteiger partial charge in [-0.05, 0) is 87.0 Å². The van der Waals surface area contributed by atoms with E-state index in [4.69, 9.17) is 17.0 Å². The van der Waals surface area contributed by atoms with Crippen molar-refractivity contribution in [2.75, 3.05) is 5.75 Å². The number of imide groups is 1. The van der Waals surface area contributed by atoms with Crippen molar-refractivity contribution in [1.29, 1.82) is 0 Å². The predicted molar refractivity (Wildman–Crippen MR) is 239 cm³/mol. The number of nitrogens with zero attached hydrogens (tertiary/aromatic N) is 1. The van der Waals surface area contributed by atoms with Gasteiger partial charge < -0.3 is 25.9 Å². The van der Waals surface area contributed by atoms with Gasteiger partial charge in [0.25, 0.3) is 11.8 Å². The van der Waals surface area contributed by atoms with E-state index in [0.717, 1.165) is 12.7 Å². The number of nitrogens with one attached hydrogen (secondary N) is 2. The summed E-state index contributed by atoms with van der Waals surface area (Å²) in [5.74, 6) is -5.57. The molecule has 3 aliphatic rings. The number of carbonyl (C=O) groups is 5. The van der Waals surface area contributed by atoms with Gasteiger partial charge in [-0.15, -0.1) is 17.4 Å². The van der Waals surface area contributed by atoms with Gasteiger partial charge in [-0.2, -0.15) is 16.2 Å². The van der Waals surface area contributed by atoms with Crippen LogP contribution in [0.3, 0.4) is 0 Å². The lowest BCUT2D eigenvalue weighted by Gasteiger charge is -2.30. The van der Waals surface area contributed by atoms with Crippen molar-refractivity contribution < 1.29 is 51.1 Å². The highest BCUT2D eigenvalue weighted by Crippen LogP contribution is 2.41. The van der Waals surface area contributed by atoms with Gasteiger partial charge in [0.15, 0.2) is 17.5 Å². The number of nitrogens with two attached hydrogens (primary N) is 1. The van der Waals surface area contributed by atoms with Crippen molar-refractivity contribution in [3.63, 3.8) is 0 Å². The number of hydrogen-bond acceptors (Lipinski definition) is 11. The lowest BCUT2D eigenvalue weighted by Crippen LogP contribution is -2.42. The zero-order valence-electron chi connectivity index (χ0n) is 40.5. The molecule has 1 aromatic carbocycles. The molecule has 3 saturated heterocycles. The maximum absolute atomic E-state index is 13.5. The van der Waals surface area contributed by atoms with E-state index < -0.39 is 69.2 Å². The molecule has 0 aromatic heterocycles. The molecule has 0 saturated carbocycles. The second-order valence-electron chi connectivity index (χ2n) is 19.9. The largest absolute Gasteiger partial charge is 0.420 e. The van der Waals surface area contributed by atoms with E-state index >= 15 is 0 Å². The molecule has 4 rings (SSSR count). The van der Waals surface area contributed by atoms with Crippen molar-refractivity contribution in [1.82, 2.24) is 15.7 Å². The summed E-state index contributed by atoms with van der Waals surface area (Å²) in [4.78, 5) is 60.3. The number of hydroxylamine groups is 2. The molecule has 62 heavy (non-hydrogen) atoms. The number of halogens is 4. The number of benzene rings is 1. The molecule has 4 atom stereocenters. The van der Waals surface area contributed by atoms with Crippen LogP contribution in [0.4, 0.5) is 17.6 Å². The molecule has 1 aromatic rings. The monoisotopic (exact) mass is 903 g/mol. The summed E-state index contributed by atoms with van der Waals surface area (Å²) in [6.45, 7) is 38.5. The van der Waals surface area contributed by atoms with Gasteiger partial charge in [0.05, 0.1) is 34.8 Å². The molecule has 0 spiro atoms. The molecular formula is C46H74F4N4O7S. The number of ether oxygens (including phenoxy) is 1. The van der Waals surface area contributed by atoms with Crippen LogP contribution in [0.2, 0.25) is 0 Å². The molecule has 0 aliphatic carbocycles. The van der Waals surface area contributed by atoms with E-state index in [-0.39, 0.29) is 35.5 Å². The summed E-state index contributed by atoms with van der Waals surface area (Å²) < 4.78 is 57.4. The summed E-state index contributed by atoms with van der Waals surface area (Å²) in [6, 6.07) is 0.858. The Morgan fingerprint density at radius 3 is 1.58 bits per heavy atom. The van der Waals surface area contributed by atoms with Gasteiger partial charge in [0.1, 0.15) is 5.78 Å². The maximum atomic E-state index is 13.5. The third-order valence-electron chi connectivity index (χ3n) is 8.62. The van der Waals surface area contributed by atoms with E-state index in [1.807, 2.05) is 55.4 Å². The molecular weight excluding hydrogens is 829 g/mol. The highest BCUT2D eigenvalue weighted by atomic mass is 32.2. The van der Waals surface area contributed by atoms with Crippen LogP contribution in [0.1, 0.15) is 143 Å². The number of carbonyl (C=O) groups excluding carboxylic acids is 5. The Bertz CT molecular complexity index is 1730. The Morgan fingerprint density at radius 1 is 0.806 bits per heavy atom. The molecule has 2 amide bonds. The number of Topliss-reactive ketones (excluding diaryl/α,β-unsaturated/α-hetero) is 1. The number of fused-ring (bicyclic) bond motifs is 1. The average molecular weight is 903 g/mol. The van der Waals surface area contributed by atoms with Gasteiger partial charge >= 0.3 is 11.9 Å². The quantitative estimate of drug-likeness (QED) is 0.0505. The number of thioether (sulfide) groups is 1. The zero-order chi connectivity index (χ0) is 49.7. The number of esters is 1. The molecule has 3 heterocycles. The summed E-state index contributed by atoms with van der Waals surface area (Å²) in [5.41, 5.74) is 3.41. The third-order valence-corrected chi connectivity index (χ3v) is 10.5. The van der Waals surface area contributed by atoms with Crippen LogP contribution < -0.4 is 21.1 Å². The van der Waals surface area contributed by atoms with Crippen LogP contribution in [-0.4, -0.2) is 63.7 Å². The topological polar surface area (TPSA) is 157 Å². The van der Waals surface area contributed by atoms with Gasteiger partial charge in [-0.3, -0.25) is 19.2 Å². The normalized spacial score (nSPS) is 18.7. The number of ketones is 1. The predicted octanol–water partition coefficient (Wildman–Crippen LogP) is 9.33. The molecule has 0 bridgehead atoms. The Morgan fingerprint density at radius 2 is 1.24 bits per heavy atom. The summed E-state index contributed by atoms with van der Waals surface area (Å²) in [7, 11) is 0. The van der Waals surface area contributed by atoms with Crippen molar-refractivity contribution in [2.24, 2.45) is 32.8 Å². The second-order valence-corrected chi connectivity index (χ2v) is 21.1. The molecule has 3 aliphatic heterocycles. The fourth-order valence-corrected chi connectivity index (χ4v) is 6.41. The van der Waals surface area contributed by atoms with Crippen LogP contribution in [0, 0.1) is 69.6 Å². The maximum Gasteiger partial charge on any atom is 0.338 e. The van der Waals surface area contributed by atoms with Crippen molar-refractivity contribution in [3.05, 3.63) is 41.2 Å². The molecule has 11 nitrogen and oxygen atoms in total. The van der Waals surface area contributed by atoms with E-state index in [1.165, 1.54) is 33.4 Å². The Hall–Kier alpha value is -4.10. The van der Waals surface area contributed by atoms with Crippen molar-refractivity contribution in [3.8, 4) is 18.1 Å². The second kappa shape index (κ2) is 24.1. The van der Waals surface area contributed by atoms with Gasteiger partial charge in [0.2, 0.25) is 11.6 Å². The number of amides is 2. The lowest BCUT2D eigenvalue weighted by atomic mass is 9.85. The number of rotatable bonds is 3. The fourth-order valence-electron chi connectivity index (χ4n) is 4.74. The summed E-state index contributed by atoms with van der Waals surface area (Å²) >= 11 is 2.08. The Labute approximate surface area is 372 Å². The van der Waals surface area contributed by atoms with Crippen molar-refractivity contribution >= 4 is 41.3 Å². The highest BCUT2D eigenvalue weighted by molar-refractivity contribution is 8.00. The molecule has 4 unspecified atom stereocenters. The van der Waals surface area contributed by atoms with E-state index in [0.29, 0.717) is 27.8 Å². The van der Waals surface area contributed by atoms with Crippen LogP contribution >= 0.6 is 11.8 Å². The lowest BCUT2D eigenvalue weighted by molar-refractivity contribution is -0.203. The van der Waals surface area contributed by atoms with Crippen LogP contribution in [0.25, 0.3) is 0 Å². The number of hydrogen-bond donors (Lipinski definition) is 3. The Balaban J connectivity index is 0. The zero-order valence-corrected chi connectivity index (χ0v) is 41.3. The minimum atomic E-state index is -1.87. The molecule has 3 fully saturated rings. The highest BCUT2D eigenvalue weighted by Gasteiger charge is 2.46. The van der Waals surface area contributed by atoms with Crippen LogP contribution in [0.15, 0.2) is 12.4 Å². The van der Waals surface area contributed by atoms with E-state index in [1.54, 1.807) is 20.8 Å². The first-order valence-corrected chi connectivity index (χ1v) is 21.5. The van der Waals surface area contributed by atoms with Gasteiger partial charge in [0, 0.05) is 34.8 Å². The first kappa shape index (κ1) is 60.0.